The van der Waals surface area contributed by atoms with Gasteiger partial charge in [0.1, 0.15) is 0 Å². The fourth-order valence-electron chi connectivity index (χ4n) is 2.24. The molecule has 0 aliphatic heterocycles. The Balaban J connectivity index is 3.54. The van der Waals surface area contributed by atoms with Gasteiger partial charge in [0, 0.05) is 19.5 Å². The van der Waals surface area contributed by atoms with Crippen molar-refractivity contribution in [1.29, 1.82) is 0 Å². The largest absolute Gasteiger partial charge is 0.400 e. The highest BCUT2D eigenvalue weighted by molar-refractivity contribution is 7.49. The molecule has 0 atom stereocenters. The van der Waals surface area contributed by atoms with Crippen LogP contribution in [0.3, 0.4) is 0 Å². The minimum Gasteiger partial charge on any atom is -0.355 e. The van der Waals surface area contributed by atoms with E-state index in [0.717, 1.165) is 44.9 Å². The monoisotopic (exact) mass is 424 g/mol. The molecule has 0 aliphatic rings. The highest BCUT2D eigenvalue weighted by Crippen LogP contribution is 2.26. The summed E-state index contributed by atoms with van der Waals surface area (Å²) in [6.45, 7) is 2.38. The molecular formula is C22H37N2O4P. The van der Waals surface area contributed by atoms with Crippen molar-refractivity contribution in [3.8, 4) is 0 Å². The van der Waals surface area contributed by atoms with Crippen LogP contribution in [0, 0.1) is 0 Å². The second-order valence-electron chi connectivity index (χ2n) is 6.40. The molecule has 6 nitrogen and oxygen atoms in total. The lowest BCUT2D eigenvalue weighted by molar-refractivity contribution is -0.121. The average molecular weight is 425 g/mol. The summed E-state index contributed by atoms with van der Waals surface area (Å²) >= 11 is 0. The molecule has 0 aromatic heterocycles. The number of hydrogen-bond acceptors (Lipinski definition) is 2. The van der Waals surface area contributed by atoms with Crippen molar-refractivity contribution in [2.45, 2.75) is 58.3 Å². The molecule has 29 heavy (non-hydrogen) atoms. The van der Waals surface area contributed by atoms with Gasteiger partial charge in [0.25, 0.3) is 0 Å². The maximum Gasteiger partial charge on any atom is 0.400 e. The van der Waals surface area contributed by atoms with Crippen LogP contribution < -0.4 is 10.4 Å². The lowest BCUT2D eigenvalue weighted by Gasteiger charge is -2.07. The summed E-state index contributed by atoms with van der Waals surface area (Å²) in [5.74, 6) is -0.107. The molecule has 7 heteroatoms. The van der Waals surface area contributed by atoms with E-state index in [0.29, 0.717) is 6.42 Å². The van der Waals surface area contributed by atoms with E-state index in [9.17, 15) is 9.36 Å². The molecule has 0 aromatic carbocycles. The van der Waals surface area contributed by atoms with Crippen molar-refractivity contribution in [1.82, 2.24) is 10.4 Å². The summed E-state index contributed by atoms with van der Waals surface area (Å²) in [5, 5.41) is 4.64. The van der Waals surface area contributed by atoms with Crippen LogP contribution in [0.15, 0.2) is 60.8 Å². The Kier molecular flexibility index (Phi) is 18.4. The highest BCUT2D eigenvalue weighted by atomic mass is 31.2. The summed E-state index contributed by atoms with van der Waals surface area (Å²) in [6, 6.07) is 0. The maximum atomic E-state index is 11.5. The molecule has 0 saturated heterocycles. The van der Waals surface area contributed by atoms with Gasteiger partial charge in [-0.1, -0.05) is 67.7 Å². The van der Waals surface area contributed by atoms with Gasteiger partial charge in [-0.3, -0.25) is 4.79 Å². The topological polar surface area (TPSA) is 98.7 Å². The first kappa shape index (κ1) is 27.3. The van der Waals surface area contributed by atoms with Crippen LogP contribution in [0.2, 0.25) is 0 Å². The molecule has 0 spiro atoms. The Morgan fingerprint density at radius 1 is 0.793 bits per heavy atom. The van der Waals surface area contributed by atoms with E-state index in [-0.39, 0.29) is 19.0 Å². The number of carbonyl (C=O) groups excluding carboxylic acids is 1. The Bertz CT molecular complexity index is 604. The lowest BCUT2D eigenvalue weighted by Crippen LogP contribution is -2.30. The Morgan fingerprint density at radius 3 is 1.76 bits per heavy atom. The zero-order valence-electron chi connectivity index (χ0n) is 17.5. The van der Waals surface area contributed by atoms with Gasteiger partial charge in [-0.05, 0) is 44.9 Å². The first-order valence-electron chi connectivity index (χ1n) is 10.3. The number of nitrogens with one attached hydrogen (secondary N) is 2. The number of unbranched alkanes of at least 4 members (excludes halogenated alkanes) is 1. The smallest absolute Gasteiger partial charge is 0.355 e. The minimum absolute atomic E-state index is 0.0464. The van der Waals surface area contributed by atoms with Gasteiger partial charge in [-0.15, -0.1) is 0 Å². The van der Waals surface area contributed by atoms with Gasteiger partial charge in [0.05, 0.1) is 0 Å². The number of allylic oxidation sites excluding steroid dienone is 10. The van der Waals surface area contributed by atoms with Crippen LogP contribution in [0.25, 0.3) is 0 Å². The van der Waals surface area contributed by atoms with Crippen molar-refractivity contribution in [2.24, 2.45) is 0 Å². The number of rotatable bonds is 17. The number of carbonyl (C=O) groups is 1. The number of hydrogen-bond donors (Lipinski definition) is 4. The van der Waals surface area contributed by atoms with E-state index >= 15 is 0 Å². The van der Waals surface area contributed by atoms with Gasteiger partial charge in [-0.2, -0.15) is 0 Å². The first-order chi connectivity index (χ1) is 14.0. The SMILES string of the molecule is CCC=CCC=CCC=CCC=CCC=CCCCC(=O)NCCNP(=O)(O)O. The maximum absolute atomic E-state index is 11.5. The normalized spacial score (nSPS) is 13.1. The predicted molar refractivity (Wildman–Crippen MR) is 121 cm³/mol. The van der Waals surface area contributed by atoms with Crippen LogP contribution in [-0.4, -0.2) is 28.8 Å². The molecule has 0 radical (unpaired) electrons. The summed E-state index contributed by atoms with van der Waals surface area (Å²) in [7, 11) is -4.21. The third-order valence-corrected chi connectivity index (χ3v) is 4.33. The van der Waals surface area contributed by atoms with Gasteiger partial charge in [0.15, 0.2) is 0 Å². The van der Waals surface area contributed by atoms with E-state index in [1.54, 1.807) is 0 Å². The Hall–Kier alpha value is -1.72. The molecule has 1 amide bonds. The third-order valence-electron chi connectivity index (χ3n) is 3.70. The molecule has 0 bridgehead atoms. The quantitative estimate of drug-likeness (QED) is 0.154. The van der Waals surface area contributed by atoms with Crippen LogP contribution in [0.5, 0.6) is 0 Å². The summed E-state index contributed by atoms with van der Waals surface area (Å²) in [5.41, 5.74) is 0. The molecule has 4 N–H and O–H groups in total. The van der Waals surface area contributed by atoms with E-state index in [1.165, 1.54) is 0 Å². The molecule has 0 saturated carbocycles. The van der Waals surface area contributed by atoms with Gasteiger partial charge in [-0.25, -0.2) is 9.65 Å². The molecule has 164 valence electrons. The highest BCUT2D eigenvalue weighted by Gasteiger charge is 2.10. The van der Waals surface area contributed by atoms with E-state index < -0.39 is 7.75 Å². The molecular weight excluding hydrogens is 387 g/mol. The zero-order valence-corrected chi connectivity index (χ0v) is 18.4. The van der Waals surface area contributed by atoms with Crippen molar-refractivity contribution < 1.29 is 19.1 Å². The van der Waals surface area contributed by atoms with Crippen LogP contribution in [0.4, 0.5) is 0 Å². The molecule has 0 unspecified atom stereocenters. The molecule has 0 rings (SSSR count). The summed E-state index contributed by atoms with van der Waals surface area (Å²) < 4.78 is 10.6. The summed E-state index contributed by atoms with van der Waals surface area (Å²) in [4.78, 5) is 28.8. The fourth-order valence-corrected chi connectivity index (χ4v) is 2.64. The average Bonchev–Trinajstić information content (AvgIpc) is 2.67. The van der Waals surface area contributed by atoms with Crippen molar-refractivity contribution in [3.05, 3.63) is 60.8 Å². The predicted octanol–water partition coefficient (Wildman–Crippen LogP) is 4.71. The number of amides is 1. The van der Waals surface area contributed by atoms with Gasteiger partial charge >= 0.3 is 7.75 Å². The Morgan fingerprint density at radius 2 is 1.28 bits per heavy atom. The standard InChI is InChI=1S/C22H37N2O4P/c1-2-3-4-5-6-7-8-9-10-11-12-13-14-15-16-17-18-19-22(25)23-20-21-24-29(26,27)28/h3-4,6-7,9-10,12-13,15-16H,2,5,8,11,14,17-21H2,1H3,(H,23,25)(H3,24,26,27,28). The molecule has 0 heterocycles. The van der Waals surface area contributed by atoms with Crippen molar-refractivity contribution in [2.75, 3.05) is 13.1 Å². The zero-order chi connectivity index (χ0) is 21.6. The van der Waals surface area contributed by atoms with Crippen LogP contribution >= 0.6 is 7.75 Å². The van der Waals surface area contributed by atoms with Crippen LogP contribution in [0.1, 0.15) is 58.3 Å². The fraction of sp³-hybridized carbons (Fsp3) is 0.500. The second kappa shape index (κ2) is 19.6. The minimum atomic E-state index is -4.21. The van der Waals surface area contributed by atoms with Crippen LogP contribution in [-0.2, 0) is 9.36 Å². The van der Waals surface area contributed by atoms with Crippen molar-refractivity contribution in [3.63, 3.8) is 0 Å². The molecule has 0 aromatic rings. The lowest BCUT2D eigenvalue weighted by atomic mass is 10.2. The van der Waals surface area contributed by atoms with Gasteiger partial charge < -0.3 is 15.1 Å². The first-order valence-corrected chi connectivity index (χ1v) is 11.9. The summed E-state index contributed by atoms with van der Waals surface area (Å²) in [6.07, 6.45) is 28.4. The van der Waals surface area contributed by atoms with Gasteiger partial charge in [0.2, 0.25) is 5.91 Å². The molecule has 0 fully saturated rings. The van der Waals surface area contributed by atoms with Crippen molar-refractivity contribution >= 4 is 13.7 Å². The molecule has 0 aliphatic carbocycles. The van der Waals surface area contributed by atoms with E-state index in [2.05, 4.69) is 73.0 Å². The van der Waals surface area contributed by atoms with E-state index in [1.807, 2.05) is 5.09 Å². The third kappa shape index (κ3) is 24.2. The van der Waals surface area contributed by atoms with E-state index in [4.69, 9.17) is 9.79 Å². The second-order valence-corrected chi connectivity index (χ2v) is 7.81. The Labute approximate surface area is 175 Å².